The van der Waals surface area contributed by atoms with Gasteiger partial charge in [0.2, 0.25) is 11.8 Å². The van der Waals surface area contributed by atoms with Crippen molar-refractivity contribution in [3.63, 3.8) is 0 Å². The van der Waals surface area contributed by atoms with Crippen molar-refractivity contribution in [2.75, 3.05) is 5.32 Å². The molecule has 130 valence electrons. The van der Waals surface area contributed by atoms with Gasteiger partial charge in [0.25, 0.3) is 0 Å². The number of benzene rings is 1. The molecule has 0 radical (unpaired) electrons. The van der Waals surface area contributed by atoms with E-state index < -0.39 is 5.25 Å². The fourth-order valence-corrected chi connectivity index (χ4v) is 4.74. The van der Waals surface area contributed by atoms with Gasteiger partial charge in [-0.2, -0.15) is 0 Å². The van der Waals surface area contributed by atoms with Crippen LogP contribution in [0.25, 0.3) is 0 Å². The second-order valence-electron chi connectivity index (χ2n) is 6.88. The van der Waals surface area contributed by atoms with Gasteiger partial charge in [-0.15, -0.1) is 11.8 Å². The van der Waals surface area contributed by atoms with Gasteiger partial charge >= 0.3 is 0 Å². The molecule has 4 nitrogen and oxygen atoms in total. The topological polar surface area (TPSA) is 58.2 Å². The minimum Gasteiger partial charge on any atom is -0.353 e. The van der Waals surface area contributed by atoms with E-state index in [1.165, 1.54) is 18.2 Å². The molecule has 1 fully saturated rings. The summed E-state index contributed by atoms with van der Waals surface area (Å²) >= 11 is 7.39. The normalized spacial score (nSPS) is 29.5. The Morgan fingerprint density at radius 1 is 1.38 bits per heavy atom. The lowest BCUT2D eigenvalue weighted by molar-refractivity contribution is -0.125. The molecule has 1 saturated carbocycles. The van der Waals surface area contributed by atoms with Crippen molar-refractivity contribution in [2.24, 2.45) is 11.8 Å². The highest BCUT2D eigenvalue weighted by Crippen LogP contribution is 2.38. The summed E-state index contributed by atoms with van der Waals surface area (Å²) in [4.78, 5) is 25.6. The van der Waals surface area contributed by atoms with Crippen molar-refractivity contribution in [3.05, 3.63) is 23.2 Å². The molecule has 1 aromatic carbocycles. The first-order valence-corrected chi connectivity index (χ1v) is 9.76. The van der Waals surface area contributed by atoms with E-state index in [2.05, 4.69) is 24.5 Å². The zero-order valence-electron chi connectivity index (χ0n) is 14.0. The Hall–Kier alpha value is -1.20. The van der Waals surface area contributed by atoms with Gasteiger partial charge in [-0.25, -0.2) is 0 Å². The SMILES string of the molecule is C[C@H]1[C@H](C)CCC[C@@H]1NC(=O)C[C@@H]1Sc2ccc(Cl)cc2NC1=O. The molecule has 6 heteroatoms. The molecule has 2 N–H and O–H groups in total. The first-order chi connectivity index (χ1) is 11.4. The number of carbonyl (C=O) groups excluding carboxylic acids is 2. The highest BCUT2D eigenvalue weighted by Gasteiger charge is 2.32. The number of nitrogens with one attached hydrogen (secondary N) is 2. The summed E-state index contributed by atoms with van der Waals surface area (Å²) in [5.41, 5.74) is 0.726. The van der Waals surface area contributed by atoms with Gasteiger partial charge in [-0.05, 0) is 36.5 Å². The monoisotopic (exact) mass is 366 g/mol. The fraction of sp³-hybridized carbons (Fsp3) is 0.556. The zero-order chi connectivity index (χ0) is 17.3. The summed E-state index contributed by atoms with van der Waals surface area (Å²) in [7, 11) is 0. The summed E-state index contributed by atoms with van der Waals surface area (Å²) in [5.74, 6) is 0.951. The molecule has 0 bridgehead atoms. The molecule has 2 aliphatic rings. The highest BCUT2D eigenvalue weighted by atomic mass is 35.5. The molecule has 0 unspecified atom stereocenters. The Bertz CT molecular complexity index is 652. The fourth-order valence-electron chi connectivity index (χ4n) is 3.48. The standard InChI is InChI=1S/C18H23ClN2O2S/c1-10-4-3-5-13(11(10)2)20-17(22)9-16-18(23)21-14-8-12(19)6-7-15(14)24-16/h6-8,10-11,13,16H,3-5,9H2,1-2H3,(H,20,22)(H,21,23)/t10-,11+,13+,16+/m1/s1. The Kier molecular flexibility index (Phi) is 5.40. The molecule has 1 aliphatic heterocycles. The van der Waals surface area contributed by atoms with Crippen molar-refractivity contribution < 1.29 is 9.59 Å². The van der Waals surface area contributed by atoms with E-state index in [-0.39, 0.29) is 24.3 Å². The molecule has 2 amide bonds. The lowest BCUT2D eigenvalue weighted by atomic mass is 9.78. The molecule has 0 aromatic heterocycles. The summed E-state index contributed by atoms with van der Waals surface area (Å²) in [5, 5.41) is 6.19. The largest absolute Gasteiger partial charge is 0.353 e. The number of hydrogen-bond acceptors (Lipinski definition) is 3. The first kappa shape index (κ1) is 17.6. The van der Waals surface area contributed by atoms with Crippen LogP contribution in [0.5, 0.6) is 0 Å². The van der Waals surface area contributed by atoms with Crippen LogP contribution in [-0.2, 0) is 9.59 Å². The molecule has 4 atom stereocenters. The third kappa shape index (κ3) is 3.89. The number of thioether (sulfide) groups is 1. The summed E-state index contributed by atoms with van der Waals surface area (Å²) in [6.07, 6.45) is 3.62. The minimum absolute atomic E-state index is 0.0361. The smallest absolute Gasteiger partial charge is 0.238 e. The highest BCUT2D eigenvalue weighted by molar-refractivity contribution is 8.01. The van der Waals surface area contributed by atoms with Crippen molar-refractivity contribution in [2.45, 2.75) is 55.7 Å². The Labute approximate surface area is 152 Å². The van der Waals surface area contributed by atoms with E-state index in [0.29, 0.717) is 16.9 Å². The Balaban J connectivity index is 1.60. The molecule has 0 spiro atoms. The molecule has 1 aliphatic carbocycles. The van der Waals surface area contributed by atoms with Crippen LogP contribution in [0, 0.1) is 11.8 Å². The molecule has 0 saturated heterocycles. The van der Waals surface area contributed by atoms with Gasteiger partial charge in [0.15, 0.2) is 0 Å². The average Bonchev–Trinajstić information content (AvgIpc) is 2.53. The number of carbonyl (C=O) groups is 2. The lowest BCUT2D eigenvalue weighted by Crippen LogP contribution is -2.45. The summed E-state index contributed by atoms with van der Waals surface area (Å²) in [6, 6.07) is 5.65. The van der Waals surface area contributed by atoms with Crippen molar-refractivity contribution in [1.29, 1.82) is 0 Å². The lowest BCUT2D eigenvalue weighted by Gasteiger charge is -2.35. The van der Waals surface area contributed by atoms with Gasteiger partial charge in [-0.3, -0.25) is 9.59 Å². The predicted octanol–water partition coefficient (Wildman–Crippen LogP) is 4.08. The summed E-state index contributed by atoms with van der Waals surface area (Å²) in [6.45, 7) is 4.45. The van der Waals surface area contributed by atoms with Crippen molar-refractivity contribution in [3.8, 4) is 0 Å². The molecule has 1 heterocycles. The van der Waals surface area contributed by atoms with E-state index in [0.717, 1.165) is 23.4 Å². The van der Waals surface area contributed by atoms with Crippen LogP contribution >= 0.6 is 23.4 Å². The van der Waals surface area contributed by atoms with Crippen LogP contribution in [0.15, 0.2) is 23.1 Å². The Morgan fingerprint density at radius 3 is 2.96 bits per heavy atom. The van der Waals surface area contributed by atoms with Gasteiger partial charge in [0.1, 0.15) is 0 Å². The van der Waals surface area contributed by atoms with Gasteiger partial charge in [0, 0.05) is 22.4 Å². The van der Waals surface area contributed by atoms with Crippen LogP contribution in [0.4, 0.5) is 5.69 Å². The minimum atomic E-state index is -0.394. The first-order valence-electron chi connectivity index (χ1n) is 8.50. The van der Waals surface area contributed by atoms with Crippen LogP contribution in [-0.4, -0.2) is 23.1 Å². The van der Waals surface area contributed by atoms with Gasteiger partial charge in [-0.1, -0.05) is 38.3 Å². The molecular weight excluding hydrogens is 344 g/mol. The summed E-state index contributed by atoms with van der Waals surface area (Å²) < 4.78 is 0. The quantitative estimate of drug-likeness (QED) is 0.847. The number of fused-ring (bicyclic) bond motifs is 1. The third-order valence-electron chi connectivity index (χ3n) is 5.19. The average molecular weight is 367 g/mol. The molecule has 1 aromatic rings. The molecule has 24 heavy (non-hydrogen) atoms. The van der Waals surface area contributed by atoms with E-state index in [1.807, 2.05) is 6.07 Å². The number of halogens is 1. The van der Waals surface area contributed by atoms with Crippen LogP contribution in [0.1, 0.15) is 39.5 Å². The van der Waals surface area contributed by atoms with Gasteiger partial charge < -0.3 is 10.6 Å². The number of hydrogen-bond donors (Lipinski definition) is 2. The number of rotatable bonds is 3. The van der Waals surface area contributed by atoms with Crippen LogP contribution < -0.4 is 10.6 Å². The van der Waals surface area contributed by atoms with E-state index in [4.69, 9.17) is 11.6 Å². The Morgan fingerprint density at radius 2 is 2.17 bits per heavy atom. The predicted molar refractivity (Wildman–Crippen MR) is 98.5 cm³/mol. The second-order valence-corrected chi connectivity index (χ2v) is 8.56. The zero-order valence-corrected chi connectivity index (χ0v) is 15.5. The second kappa shape index (κ2) is 7.36. The van der Waals surface area contributed by atoms with Crippen LogP contribution in [0.3, 0.4) is 0 Å². The van der Waals surface area contributed by atoms with Crippen LogP contribution in [0.2, 0.25) is 5.02 Å². The maximum absolute atomic E-state index is 12.4. The number of amides is 2. The van der Waals surface area contributed by atoms with E-state index >= 15 is 0 Å². The number of anilines is 1. The molecular formula is C18H23ClN2O2S. The van der Waals surface area contributed by atoms with Gasteiger partial charge in [0.05, 0.1) is 10.9 Å². The van der Waals surface area contributed by atoms with E-state index in [1.54, 1.807) is 12.1 Å². The maximum atomic E-state index is 12.4. The molecule has 3 rings (SSSR count). The maximum Gasteiger partial charge on any atom is 0.238 e. The van der Waals surface area contributed by atoms with E-state index in [9.17, 15) is 9.59 Å². The third-order valence-corrected chi connectivity index (χ3v) is 6.70. The van der Waals surface area contributed by atoms with Crippen molar-refractivity contribution in [1.82, 2.24) is 5.32 Å². The van der Waals surface area contributed by atoms with Crippen molar-refractivity contribution >= 4 is 40.9 Å².